The standard InChI is InChI=1S/C20H22N6S/c1-4-6-16-18(26-12-5-11-21-19(26)23-16)17-13-27-20(24-17)22-14-7-9-15(10-8-14)25(2)3/h5,7-13H,4,6H2,1-3H3,(H,22,24). The van der Waals surface area contributed by atoms with Crippen LogP contribution in [0.1, 0.15) is 19.0 Å². The van der Waals surface area contributed by atoms with E-state index in [1.54, 1.807) is 17.5 Å². The van der Waals surface area contributed by atoms with Crippen LogP contribution in [0, 0.1) is 0 Å². The highest BCUT2D eigenvalue weighted by Gasteiger charge is 2.17. The van der Waals surface area contributed by atoms with Gasteiger partial charge < -0.3 is 10.2 Å². The number of nitrogens with one attached hydrogen (secondary N) is 1. The molecule has 3 aromatic heterocycles. The van der Waals surface area contributed by atoms with Crippen LogP contribution in [-0.2, 0) is 6.42 Å². The van der Waals surface area contributed by atoms with Crippen molar-refractivity contribution in [2.24, 2.45) is 0 Å². The molecule has 0 unspecified atom stereocenters. The Labute approximate surface area is 162 Å². The number of thiazole rings is 1. The van der Waals surface area contributed by atoms with Crippen molar-refractivity contribution in [1.82, 2.24) is 19.4 Å². The Morgan fingerprint density at radius 3 is 2.70 bits per heavy atom. The second-order valence-electron chi connectivity index (χ2n) is 6.55. The molecule has 0 saturated heterocycles. The molecular weight excluding hydrogens is 356 g/mol. The quantitative estimate of drug-likeness (QED) is 0.531. The molecule has 0 spiro atoms. The molecule has 1 N–H and O–H groups in total. The summed E-state index contributed by atoms with van der Waals surface area (Å²) >= 11 is 1.59. The monoisotopic (exact) mass is 378 g/mol. The predicted octanol–water partition coefficient (Wildman–Crippen LogP) is 4.61. The molecular formula is C20H22N6S. The minimum absolute atomic E-state index is 0.720. The van der Waals surface area contributed by atoms with Crippen molar-refractivity contribution in [2.45, 2.75) is 19.8 Å². The van der Waals surface area contributed by atoms with E-state index >= 15 is 0 Å². The van der Waals surface area contributed by atoms with Gasteiger partial charge in [0.25, 0.3) is 0 Å². The van der Waals surface area contributed by atoms with Gasteiger partial charge in [-0.15, -0.1) is 11.3 Å². The highest BCUT2D eigenvalue weighted by atomic mass is 32.1. The summed E-state index contributed by atoms with van der Waals surface area (Å²) in [4.78, 5) is 16.0. The molecule has 27 heavy (non-hydrogen) atoms. The maximum Gasteiger partial charge on any atom is 0.234 e. The Morgan fingerprint density at radius 2 is 1.96 bits per heavy atom. The average molecular weight is 379 g/mol. The second kappa shape index (κ2) is 7.36. The first-order valence-electron chi connectivity index (χ1n) is 8.98. The van der Waals surface area contributed by atoms with Crippen LogP contribution in [0.5, 0.6) is 0 Å². The fourth-order valence-corrected chi connectivity index (χ4v) is 3.74. The van der Waals surface area contributed by atoms with E-state index < -0.39 is 0 Å². The maximum atomic E-state index is 4.81. The second-order valence-corrected chi connectivity index (χ2v) is 7.41. The summed E-state index contributed by atoms with van der Waals surface area (Å²) in [7, 11) is 4.07. The van der Waals surface area contributed by atoms with Crippen LogP contribution in [0.25, 0.3) is 17.2 Å². The van der Waals surface area contributed by atoms with Crippen LogP contribution in [-0.4, -0.2) is 33.4 Å². The van der Waals surface area contributed by atoms with Crippen molar-refractivity contribution in [3.8, 4) is 11.4 Å². The van der Waals surface area contributed by atoms with E-state index in [9.17, 15) is 0 Å². The molecule has 0 aliphatic carbocycles. The molecule has 0 saturated carbocycles. The minimum atomic E-state index is 0.720. The zero-order chi connectivity index (χ0) is 18.8. The molecule has 0 radical (unpaired) electrons. The summed E-state index contributed by atoms with van der Waals surface area (Å²) in [6.07, 6.45) is 5.71. The van der Waals surface area contributed by atoms with E-state index in [4.69, 9.17) is 4.98 Å². The largest absolute Gasteiger partial charge is 0.378 e. The molecule has 0 fully saturated rings. The number of benzene rings is 1. The van der Waals surface area contributed by atoms with Gasteiger partial charge in [0, 0.05) is 43.2 Å². The first kappa shape index (κ1) is 17.5. The molecule has 0 amide bonds. The summed E-state index contributed by atoms with van der Waals surface area (Å²) in [5.41, 5.74) is 5.20. The molecule has 138 valence electrons. The van der Waals surface area contributed by atoms with Gasteiger partial charge in [-0.2, -0.15) is 0 Å². The number of imidazole rings is 1. The molecule has 4 aromatic rings. The number of aryl methyl sites for hydroxylation is 1. The van der Waals surface area contributed by atoms with E-state index in [1.807, 2.05) is 30.8 Å². The average Bonchev–Trinajstić information content (AvgIpc) is 3.26. The van der Waals surface area contributed by atoms with Gasteiger partial charge >= 0.3 is 0 Å². The lowest BCUT2D eigenvalue weighted by Crippen LogP contribution is -2.08. The van der Waals surface area contributed by atoms with Gasteiger partial charge in [0.05, 0.1) is 11.4 Å². The van der Waals surface area contributed by atoms with Gasteiger partial charge in [0.15, 0.2) is 5.13 Å². The minimum Gasteiger partial charge on any atom is -0.378 e. The fraction of sp³-hybridized carbons (Fsp3) is 0.250. The van der Waals surface area contributed by atoms with Gasteiger partial charge in [-0.1, -0.05) is 13.3 Å². The number of hydrogen-bond acceptors (Lipinski definition) is 6. The van der Waals surface area contributed by atoms with Crippen LogP contribution >= 0.6 is 11.3 Å². The third-order valence-corrected chi connectivity index (χ3v) is 5.10. The first-order chi connectivity index (χ1) is 13.2. The summed E-state index contributed by atoms with van der Waals surface area (Å²) < 4.78 is 2.02. The highest BCUT2D eigenvalue weighted by molar-refractivity contribution is 7.14. The number of anilines is 3. The van der Waals surface area contributed by atoms with Gasteiger partial charge in [-0.25, -0.2) is 15.0 Å². The maximum absolute atomic E-state index is 4.81. The van der Waals surface area contributed by atoms with Gasteiger partial charge in [0.2, 0.25) is 5.78 Å². The molecule has 1 aromatic carbocycles. The molecule has 0 aliphatic rings. The normalized spacial score (nSPS) is 11.1. The van der Waals surface area contributed by atoms with E-state index in [0.717, 1.165) is 46.5 Å². The molecule has 3 heterocycles. The number of aromatic nitrogens is 4. The Bertz CT molecular complexity index is 1050. The lowest BCUT2D eigenvalue weighted by Gasteiger charge is -2.12. The van der Waals surface area contributed by atoms with Crippen LogP contribution in [0.4, 0.5) is 16.5 Å². The van der Waals surface area contributed by atoms with Crippen molar-refractivity contribution in [3.05, 3.63) is 53.8 Å². The Morgan fingerprint density at radius 1 is 1.15 bits per heavy atom. The van der Waals surface area contributed by atoms with E-state index in [2.05, 4.69) is 56.8 Å². The molecule has 0 aliphatic heterocycles. The zero-order valence-electron chi connectivity index (χ0n) is 15.7. The lowest BCUT2D eigenvalue weighted by molar-refractivity contribution is 0.894. The summed E-state index contributed by atoms with van der Waals surface area (Å²) in [6.45, 7) is 2.16. The summed E-state index contributed by atoms with van der Waals surface area (Å²) in [5.74, 6) is 0.720. The molecule has 7 heteroatoms. The molecule has 0 atom stereocenters. The van der Waals surface area contributed by atoms with Crippen molar-refractivity contribution >= 4 is 33.6 Å². The summed E-state index contributed by atoms with van der Waals surface area (Å²) in [6, 6.07) is 10.2. The Hall–Kier alpha value is -2.93. The van der Waals surface area contributed by atoms with E-state index in [-0.39, 0.29) is 0 Å². The van der Waals surface area contributed by atoms with Gasteiger partial charge in [-0.3, -0.25) is 4.40 Å². The SMILES string of the molecule is CCCc1nc2ncccn2c1-c1csc(Nc2ccc(N(C)C)cc2)n1. The zero-order valence-corrected chi connectivity index (χ0v) is 16.5. The van der Waals surface area contributed by atoms with Crippen molar-refractivity contribution in [2.75, 3.05) is 24.3 Å². The predicted molar refractivity (Wildman–Crippen MR) is 112 cm³/mol. The van der Waals surface area contributed by atoms with Crippen molar-refractivity contribution in [3.63, 3.8) is 0 Å². The van der Waals surface area contributed by atoms with E-state index in [0.29, 0.717) is 0 Å². The topological polar surface area (TPSA) is 58.4 Å². The molecule has 4 rings (SSSR count). The number of nitrogens with zero attached hydrogens (tertiary/aromatic N) is 5. The van der Waals surface area contributed by atoms with E-state index in [1.165, 1.54) is 5.69 Å². The first-order valence-corrected chi connectivity index (χ1v) is 9.86. The number of rotatable bonds is 6. The van der Waals surface area contributed by atoms with Crippen LogP contribution in [0.15, 0.2) is 48.1 Å². The third kappa shape index (κ3) is 3.50. The molecule has 0 bridgehead atoms. The van der Waals surface area contributed by atoms with Crippen LogP contribution in [0.3, 0.4) is 0 Å². The summed E-state index contributed by atoms with van der Waals surface area (Å²) in [5, 5.41) is 6.34. The lowest BCUT2D eigenvalue weighted by atomic mass is 10.2. The van der Waals surface area contributed by atoms with Crippen LogP contribution < -0.4 is 10.2 Å². The Balaban J connectivity index is 1.64. The smallest absolute Gasteiger partial charge is 0.234 e. The van der Waals surface area contributed by atoms with Crippen molar-refractivity contribution in [1.29, 1.82) is 0 Å². The Kier molecular flexibility index (Phi) is 4.77. The van der Waals surface area contributed by atoms with Gasteiger partial charge in [0.1, 0.15) is 5.69 Å². The van der Waals surface area contributed by atoms with Gasteiger partial charge in [-0.05, 0) is 36.8 Å². The van der Waals surface area contributed by atoms with Crippen LogP contribution in [0.2, 0.25) is 0 Å². The highest BCUT2D eigenvalue weighted by Crippen LogP contribution is 2.30. The third-order valence-electron chi connectivity index (χ3n) is 4.34. The molecule has 6 nitrogen and oxygen atoms in total. The van der Waals surface area contributed by atoms with Crippen molar-refractivity contribution < 1.29 is 0 Å². The fourth-order valence-electron chi connectivity index (χ4n) is 3.02. The number of fused-ring (bicyclic) bond motifs is 1. The number of hydrogen-bond donors (Lipinski definition) is 1.